The van der Waals surface area contributed by atoms with Crippen molar-refractivity contribution in [3.8, 4) is 0 Å². The smallest absolute Gasteiger partial charge is 0.408 e. The van der Waals surface area contributed by atoms with Gasteiger partial charge in [-0.2, -0.15) is 0 Å². The minimum absolute atomic E-state index is 0.0774. The maximum absolute atomic E-state index is 14.7. The maximum Gasteiger partial charge on any atom is 0.408 e. The number of unbranched alkanes of at least 4 members (excludes halogenated alkanes) is 3. The number of carbonyl (C=O) groups is 7. The molecule has 7 amide bonds. The van der Waals surface area contributed by atoms with E-state index in [9.17, 15) is 38.4 Å². The van der Waals surface area contributed by atoms with Crippen molar-refractivity contribution in [3.05, 3.63) is 135 Å². The first kappa shape index (κ1) is 50.8. The fourth-order valence-electron chi connectivity index (χ4n) is 10.3. The molecule has 1 unspecified atom stereocenters. The van der Waals surface area contributed by atoms with Crippen molar-refractivity contribution in [2.75, 3.05) is 4.90 Å². The molecule has 0 saturated carbocycles. The van der Waals surface area contributed by atoms with Crippen molar-refractivity contribution < 1.29 is 38.3 Å². The van der Waals surface area contributed by atoms with Gasteiger partial charge in [-0.05, 0) is 118 Å². The van der Waals surface area contributed by atoms with Crippen LogP contribution in [0.1, 0.15) is 124 Å². The first-order valence-electron chi connectivity index (χ1n) is 25.0. The Balaban J connectivity index is 0.962. The van der Waals surface area contributed by atoms with Crippen molar-refractivity contribution in [2.45, 2.75) is 140 Å². The van der Waals surface area contributed by atoms with E-state index in [1.54, 1.807) is 32.4 Å². The zero-order valence-corrected chi connectivity index (χ0v) is 41.3. The predicted molar refractivity (Wildman–Crippen MR) is 271 cm³/mol. The van der Waals surface area contributed by atoms with E-state index in [-0.39, 0.29) is 50.1 Å². The lowest BCUT2D eigenvalue weighted by molar-refractivity contribution is -0.136. The first-order chi connectivity index (χ1) is 34.4. The van der Waals surface area contributed by atoms with Crippen LogP contribution >= 0.6 is 0 Å². The SMILES string of the molecule is Cn1c(=O)n(C2CCC(=O)NC2=O)c2ccc(CCCCCCc3cc4c5c(c3)C[C@@H](C(=O)N[C@@H](CCC(N)=O)C(=O)NC(c3ccccc3)c3ccccc3)N5C(=O)[C@@H](NC(=O)OC(C)(C)C)CC4)cc21. The number of aromatic nitrogens is 2. The molecule has 3 aliphatic heterocycles. The van der Waals surface area contributed by atoms with Crippen LogP contribution in [0, 0.1) is 0 Å². The average molecular weight is 981 g/mol. The second-order valence-electron chi connectivity index (χ2n) is 20.2. The van der Waals surface area contributed by atoms with E-state index < -0.39 is 71.4 Å². The van der Waals surface area contributed by atoms with Gasteiger partial charge in [0.15, 0.2) is 0 Å². The van der Waals surface area contributed by atoms with E-state index in [2.05, 4.69) is 33.4 Å². The van der Waals surface area contributed by atoms with Crippen LogP contribution in [-0.4, -0.2) is 74.4 Å². The Morgan fingerprint density at radius 3 is 2.07 bits per heavy atom. The lowest BCUT2D eigenvalue weighted by Gasteiger charge is -2.30. The average Bonchev–Trinajstić information content (AvgIpc) is 3.80. The number of hydrogen-bond donors (Lipinski definition) is 5. The van der Waals surface area contributed by atoms with Crippen LogP contribution in [0.4, 0.5) is 10.5 Å². The first-order valence-corrected chi connectivity index (χ1v) is 25.0. The molecule has 378 valence electrons. The van der Waals surface area contributed by atoms with Crippen LogP contribution in [0.15, 0.2) is 95.8 Å². The number of imide groups is 1. The predicted octanol–water partition coefficient (Wildman–Crippen LogP) is 5.42. The second kappa shape index (κ2) is 21.8. The van der Waals surface area contributed by atoms with E-state index in [4.69, 9.17) is 10.5 Å². The third-order valence-electron chi connectivity index (χ3n) is 13.7. The Hall–Kier alpha value is -7.56. The van der Waals surface area contributed by atoms with Crippen LogP contribution < -0.4 is 37.6 Å². The summed E-state index contributed by atoms with van der Waals surface area (Å²) in [4.78, 5) is 108. The van der Waals surface area contributed by atoms with E-state index in [0.29, 0.717) is 17.6 Å². The number of fused-ring (bicyclic) bond motifs is 1. The van der Waals surface area contributed by atoms with Gasteiger partial charge in [0.1, 0.15) is 29.8 Å². The molecule has 5 aromatic rings. The van der Waals surface area contributed by atoms with E-state index >= 15 is 0 Å². The number of nitrogens with zero attached hydrogens (tertiary/aromatic N) is 3. The number of piperidine rings is 1. The maximum atomic E-state index is 14.7. The summed E-state index contributed by atoms with van der Waals surface area (Å²) in [6, 6.07) is 24.3. The zero-order valence-electron chi connectivity index (χ0n) is 41.3. The number of benzene rings is 4. The molecule has 1 aromatic heterocycles. The molecular formula is C55H64N8O9. The highest BCUT2D eigenvalue weighted by molar-refractivity contribution is 6.08. The summed E-state index contributed by atoms with van der Waals surface area (Å²) in [5, 5.41) is 11.1. The highest BCUT2D eigenvalue weighted by Gasteiger charge is 2.45. The van der Waals surface area contributed by atoms with Gasteiger partial charge >= 0.3 is 11.8 Å². The van der Waals surface area contributed by atoms with Crippen LogP contribution in [0.2, 0.25) is 0 Å². The molecule has 6 N–H and O–H groups in total. The van der Waals surface area contributed by atoms with Gasteiger partial charge in [0.2, 0.25) is 35.4 Å². The molecule has 0 aliphatic carbocycles. The molecule has 72 heavy (non-hydrogen) atoms. The Bertz CT molecular complexity index is 2900. The van der Waals surface area contributed by atoms with Gasteiger partial charge in [-0.15, -0.1) is 0 Å². The van der Waals surface area contributed by atoms with Crippen molar-refractivity contribution in [1.82, 2.24) is 30.4 Å². The number of aryl methyl sites for hydroxylation is 4. The summed E-state index contributed by atoms with van der Waals surface area (Å²) in [5.74, 6) is -3.01. The highest BCUT2D eigenvalue weighted by atomic mass is 16.6. The summed E-state index contributed by atoms with van der Waals surface area (Å²) in [7, 11) is 1.69. The third kappa shape index (κ3) is 11.6. The number of rotatable bonds is 18. The van der Waals surface area contributed by atoms with Crippen LogP contribution in [-0.2, 0) is 66.2 Å². The second-order valence-corrected chi connectivity index (χ2v) is 20.2. The lowest BCUT2D eigenvalue weighted by Crippen LogP contribution is -2.57. The quantitative estimate of drug-likeness (QED) is 0.0557. The number of nitrogens with one attached hydrogen (secondary N) is 4. The molecule has 0 radical (unpaired) electrons. The summed E-state index contributed by atoms with van der Waals surface area (Å²) in [6.07, 6.45) is 5.59. The Labute approximate surface area is 418 Å². The molecule has 0 spiro atoms. The monoisotopic (exact) mass is 980 g/mol. The molecule has 17 heteroatoms. The number of anilines is 1. The van der Waals surface area contributed by atoms with Crippen molar-refractivity contribution in [3.63, 3.8) is 0 Å². The van der Waals surface area contributed by atoms with E-state index in [1.807, 2.05) is 78.9 Å². The summed E-state index contributed by atoms with van der Waals surface area (Å²) in [6.45, 7) is 5.20. The zero-order chi connectivity index (χ0) is 51.3. The van der Waals surface area contributed by atoms with Gasteiger partial charge in [0.25, 0.3) is 0 Å². The third-order valence-corrected chi connectivity index (χ3v) is 13.7. The molecule has 17 nitrogen and oxygen atoms in total. The molecule has 1 saturated heterocycles. The summed E-state index contributed by atoms with van der Waals surface area (Å²) < 4.78 is 8.57. The van der Waals surface area contributed by atoms with E-state index in [1.165, 1.54) is 9.47 Å². The Kier molecular flexibility index (Phi) is 15.4. The minimum atomic E-state index is -1.18. The molecular weight excluding hydrogens is 917 g/mol. The molecule has 0 bridgehead atoms. The summed E-state index contributed by atoms with van der Waals surface area (Å²) in [5.41, 5.74) is 11.9. The number of alkyl carbamates (subject to hydrolysis) is 1. The van der Waals surface area contributed by atoms with Gasteiger partial charge < -0.3 is 26.4 Å². The van der Waals surface area contributed by atoms with Gasteiger partial charge in [-0.3, -0.25) is 48.1 Å². The van der Waals surface area contributed by atoms with Gasteiger partial charge in [0.05, 0.1) is 22.8 Å². The number of carbonyl (C=O) groups excluding carboxylic acids is 7. The molecule has 8 rings (SSSR count). The molecule has 1 fully saturated rings. The van der Waals surface area contributed by atoms with Gasteiger partial charge in [-0.25, -0.2) is 9.59 Å². The number of ether oxygens (including phenoxy) is 1. The van der Waals surface area contributed by atoms with Crippen molar-refractivity contribution in [2.24, 2.45) is 12.8 Å². The fraction of sp³-hybridized carbons (Fsp3) is 0.418. The van der Waals surface area contributed by atoms with Crippen LogP contribution in [0.25, 0.3) is 11.0 Å². The number of amides is 7. The topological polar surface area (TPSA) is 233 Å². The van der Waals surface area contributed by atoms with Gasteiger partial charge in [0, 0.05) is 26.3 Å². The highest BCUT2D eigenvalue weighted by Crippen LogP contribution is 2.41. The minimum Gasteiger partial charge on any atom is -0.444 e. The Morgan fingerprint density at radius 1 is 0.778 bits per heavy atom. The fourth-order valence-corrected chi connectivity index (χ4v) is 10.3. The van der Waals surface area contributed by atoms with Gasteiger partial charge in [-0.1, -0.05) is 91.7 Å². The standard InChI is InChI=1S/C55H64N8O9/c1-55(2,3)72-53(70)58-40-23-22-37-29-34(16-10-6-5-9-15-33-21-25-41-43(31-33)61(4)54(71)62(41)42-26-28-46(65)59-50(42)67)30-38-32-44(63(48(37)38)52(40)69)51(68)57-39(24-27-45(56)64)49(66)60-47(35-17-11-7-12-18-35)36-19-13-8-14-20-36/h7-8,11-14,17-21,25,29-31,39-40,42,44,47H,5-6,9-10,15-16,22-24,26-28,32H2,1-4H3,(H2,56,64)(H,57,68)(H,58,70)(H,60,66)(H,59,65,67)/t39-,40-,42?,44-/m0/s1. The number of nitrogens with two attached hydrogens (primary N) is 1. The molecule has 4 heterocycles. The number of imidazole rings is 1. The normalized spacial score (nSPS) is 18.0. The number of primary amides is 1. The van der Waals surface area contributed by atoms with E-state index in [0.717, 1.165) is 77.4 Å². The largest absolute Gasteiger partial charge is 0.444 e. The lowest BCUT2D eigenvalue weighted by atomic mass is 9.95. The van der Waals surface area contributed by atoms with Crippen molar-refractivity contribution in [1.29, 1.82) is 0 Å². The Morgan fingerprint density at radius 2 is 1.43 bits per heavy atom. The van der Waals surface area contributed by atoms with Crippen LogP contribution in [0.5, 0.6) is 0 Å². The molecule has 4 atom stereocenters. The number of hydrogen-bond acceptors (Lipinski definition) is 9. The van der Waals surface area contributed by atoms with Crippen molar-refractivity contribution >= 4 is 58.3 Å². The van der Waals surface area contributed by atoms with Crippen LogP contribution in [0.3, 0.4) is 0 Å². The molecule has 3 aliphatic rings. The summed E-state index contributed by atoms with van der Waals surface area (Å²) >= 11 is 0. The molecule has 4 aromatic carbocycles.